The van der Waals surface area contributed by atoms with Crippen LogP contribution < -0.4 is 5.32 Å². The Bertz CT molecular complexity index is 2850. The molecule has 10 nitrogen and oxygen atoms in total. The van der Waals surface area contributed by atoms with Crippen molar-refractivity contribution >= 4 is 12.3 Å². The molecule has 2 aromatic carbocycles. The average molecular weight is 1080 g/mol. The number of esters is 1. The molecule has 0 radical (unpaired) electrons. The largest absolute Gasteiger partial charge is 0.454 e. The summed E-state index contributed by atoms with van der Waals surface area (Å²) in [4.78, 5) is 29.8. The van der Waals surface area contributed by atoms with Gasteiger partial charge < -0.3 is 45.1 Å². The topological polar surface area (TPSA) is 166 Å². The Balaban J connectivity index is 0.928. The zero-order valence-corrected chi connectivity index (χ0v) is 47.1. The van der Waals surface area contributed by atoms with Crippen LogP contribution in [0.3, 0.4) is 0 Å². The fourth-order valence-corrected chi connectivity index (χ4v) is 24.6. The maximum Gasteiger partial charge on any atom is 0.331 e. The number of carbonyl (C=O) groups is 2. The molecule has 16 rings (SSSR count). The minimum Gasteiger partial charge on any atom is -0.454 e. The number of aliphatic hydroxyl groups is 5. The molecule has 22 atom stereocenters. The summed E-state index contributed by atoms with van der Waals surface area (Å²) in [7, 11) is 1.96. The minimum atomic E-state index is -2.20. The van der Waals surface area contributed by atoms with Crippen molar-refractivity contribution in [2.45, 2.75) is 208 Å². The fourth-order valence-electron chi connectivity index (χ4n) is 24.6. The standard InChI is InChI=1S/C69H89NO9/c1-40(41-11-6-7-12-41)44-17-20-54-62-66(49(23-28-78-62)30-47-29-45(18-19-53(47)66)42-13-4-3-5-14-42)38-65(39-72)57-22-27-64-37-63(24-8-9-25-63)26-21-43-15-10-16-46(36-71)50(43)33-56(70-2)51-31-48(59(64)52-34-58(73)79-60(51)52)35-67(64,75)69(57,77)61(74)55(32-44)68(54,65)76/h3-5,10,13-16,34,39-41,44-45,47-49,51,53-57,59-62,70-71,74-77H,6-9,11-12,17-20,22-25,27-33,35-38H2,1-2H3/t40-,44-,45-,47+,48-,49-,51-,53+,54+,55+,56+,57+,59+,60-,61+,62+,64-,65-,66-,67+,68+,69+/m0/s1. The van der Waals surface area contributed by atoms with E-state index in [0.29, 0.717) is 87.6 Å². The first-order chi connectivity index (χ1) is 38.2. The summed E-state index contributed by atoms with van der Waals surface area (Å²) >= 11 is 0. The van der Waals surface area contributed by atoms with Gasteiger partial charge in [0.05, 0.1) is 29.8 Å². The predicted molar refractivity (Wildman–Crippen MR) is 298 cm³/mol. The van der Waals surface area contributed by atoms with Crippen molar-refractivity contribution < 1.29 is 44.6 Å². The van der Waals surface area contributed by atoms with Crippen LogP contribution in [0, 0.1) is 105 Å². The molecule has 10 heteroatoms. The molecule has 0 amide bonds. The summed E-state index contributed by atoms with van der Waals surface area (Å²) in [6, 6.07) is 16.9. The molecule has 10 saturated carbocycles. The number of aliphatic hydroxyl groups excluding tert-OH is 2. The highest BCUT2D eigenvalue weighted by Crippen LogP contribution is 2.82. The second-order valence-electron chi connectivity index (χ2n) is 29.6. The van der Waals surface area contributed by atoms with E-state index in [-0.39, 0.29) is 60.7 Å². The number of benzene rings is 2. The molecule has 0 unspecified atom stereocenters. The van der Waals surface area contributed by atoms with Crippen LogP contribution in [-0.2, 0) is 32.1 Å². The number of aldehydes is 1. The Hall–Kier alpha value is -3.40. The van der Waals surface area contributed by atoms with Crippen LogP contribution in [0.25, 0.3) is 0 Å². The zero-order chi connectivity index (χ0) is 54.1. The normalized spacial score (nSPS) is 49.2. The van der Waals surface area contributed by atoms with Crippen LogP contribution in [0.4, 0.5) is 0 Å². The van der Waals surface area contributed by atoms with Gasteiger partial charge in [-0.05, 0) is 198 Å². The van der Waals surface area contributed by atoms with Gasteiger partial charge in [-0.1, -0.05) is 99.8 Å². The highest BCUT2D eigenvalue weighted by Gasteiger charge is 2.88. The van der Waals surface area contributed by atoms with Gasteiger partial charge in [-0.3, -0.25) is 0 Å². The van der Waals surface area contributed by atoms with Crippen molar-refractivity contribution in [1.82, 2.24) is 5.32 Å². The summed E-state index contributed by atoms with van der Waals surface area (Å²) in [6.45, 7) is 2.92. The molecule has 6 N–H and O–H groups in total. The summed E-state index contributed by atoms with van der Waals surface area (Å²) in [6.07, 6.45) is 19.2. The third-order valence-electron chi connectivity index (χ3n) is 27.5. The minimum absolute atomic E-state index is 0.117. The Morgan fingerprint density at radius 1 is 0.810 bits per heavy atom. The van der Waals surface area contributed by atoms with Gasteiger partial charge in [-0.25, -0.2) is 4.79 Å². The highest BCUT2D eigenvalue weighted by atomic mass is 16.5. The summed E-state index contributed by atoms with van der Waals surface area (Å²) in [5.41, 5.74) is -4.30. The molecule has 79 heavy (non-hydrogen) atoms. The number of ether oxygens (including phenoxy) is 2. The second-order valence-corrected chi connectivity index (χ2v) is 29.6. The third-order valence-corrected chi connectivity index (χ3v) is 27.5. The van der Waals surface area contributed by atoms with E-state index in [1.807, 2.05) is 19.2 Å². The van der Waals surface area contributed by atoms with Crippen LogP contribution in [0.15, 0.2) is 60.2 Å². The number of rotatable bonds is 6. The Labute approximate surface area is 469 Å². The SMILES string of the molecule is CN[C@@H]1Cc2c(cccc2CO)C#CC2(CCCC2)C[C@]23CC[C@H]4[C@@](O)([C@H](O)[C@H]5C[C@@H]([C@@H](C)C6CCCC6)CC[C@@H]6[C@H]7OCC[C@H]8C[C@H]9C[C@@H](c%10ccccc%10)CC[C@H]9[C@]87C[C@@]4(C=O)[C@@]65O)[C@@]2(O)C[C@@H]2C[C@@H]1[C@@H]1OC(=O)C=C1[C@@H]23. The van der Waals surface area contributed by atoms with Gasteiger partial charge in [0.15, 0.2) is 0 Å². The van der Waals surface area contributed by atoms with Crippen LogP contribution >= 0.6 is 0 Å². The van der Waals surface area contributed by atoms with Crippen molar-refractivity contribution in [3.63, 3.8) is 0 Å². The lowest BCUT2D eigenvalue weighted by molar-refractivity contribution is -0.392. The lowest BCUT2D eigenvalue weighted by Gasteiger charge is -2.76. The molecular formula is C69H89NO9. The number of nitrogens with one attached hydrogen (secondary N) is 1. The van der Waals surface area contributed by atoms with Crippen LogP contribution in [0.5, 0.6) is 0 Å². The quantitative estimate of drug-likeness (QED) is 0.0933. The number of hydrogen-bond acceptors (Lipinski definition) is 10. The smallest absolute Gasteiger partial charge is 0.331 e. The van der Waals surface area contributed by atoms with Crippen molar-refractivity contribution in [2.24, 2.45) is 92.7 Å². The van der Waals surface area contributed by atoms with Gasteiger partial charge in [0.1, 0.15) is 23.6 Å². The van der Waals surface area contributed by atoms with E-state index < -0.39 is 68.4 Å². The van der Waals surface area contributed by atoms with Crippen molar-refractivity contribution in [3.05, 3.63) is 82.4 Å². The van der Waals surface area contributed by atoms with E-state index in [1.165, 1.54) is 31.2 Å². The average Bonchev–Trinajstić information content (AvgIpc) is 1.90. The Morgan fingerprint density at radius 3 is 2.38 bits per heavy atom. The van der Waals surface area contributed by atoms with Crippen LogP contribution in [0.1, 0.15) is 176 Å². The fraction of sp³-hybridized carbons (Fsp3) is 0.739. The van der Waals surface area contributed by atoms with Gasteiger partial charge in [-0.2, -0.15) is 0 Å². The summed E-state index contributed by atoms with van der Waals surface area (Å²) in [5, 5.41) is 74.3. The molecular weight excluding hydrogens is 987 g/mol. The highest BCUT2D eigenvalue weighted by molar-refractivity contribution is 5.86. The maximum absolute atomic E-state index is 15.7. The van der Waals surface area contributed by atoms with Crippen LogP contribution in [0.2, 0.25) is 0 Å². The first kappa shape index (κ1) is 52.4. The molecule has 11 fully saturated rings. The third kappa shape index (κ3) is 6.85. The maximum atomic E-state index is 15.7. The van der Waals surface area contributed by atoms with E-state index in [1.54, 1.807) is 6.08 Å². The molecule has 4 bridgehead atoms. The first-order valence-electron chi connectivity index (χ1n) is 32.1. The summed E-state index contributed by atoms with van der Waals surface area (Å²) in [5.74, 6) is 6.85. The zero-order valence-electron chi connectivity index (χ0n) is 47.1. The lowest BCUT2D eigenvalue weighted by Crippen LogP contribution is -2.87. The van der Waals surface area contributed by atoms with Gasteiger partial charge >= 0.3 is 5.97 Å². The lowest BCUT2D eigenvalue weighted by atomic mass is 9.31. The van der Waals surface area contributed by atoms with E-state index in [4.69, 9.17) is 9.47 Å². The molecule has 12 aliphatic carbocycles. The molecule has 2 aliphatic heterocycles. The van der Waals surface area contributed by atoms with Gasteiger partial charge in [0, 0.05) is 64.2 Å². The van der Waals surface area contributed by atoms with Crippen LogP contribution in [-0.4, -0.2) is 92.6 Å². The monoisotopic (exact) mass is 1080 g/mol. The van der Waals surface area contributed by atoms with E-state index >= 15 is 15.0 Å². The van der Waals surface area contributed by atoms with E-state index in [2.05, 4.69) is 60.5 Å². The van der Waals surface area contributed by atoms with Crippen molar-refractivity contribution in [2.75, 3.05) is 13.7 Å². The molecule has 14 aliphatic rings. The number of hydrogen-bond donors (Lipinski definition) is 6. The molecule has 424 valence electrons. The first-order valence-corrected chi connectivity index (χ1v) is 32.1. The van der Waals surface area contributed by atoms with Gasteiger partial charge in [0.2, 0.25) is 0 Å². The predicted octanol–water partition coefficient (Wildman–Crippen LogP) is 9.54. The molecule has 2 aromatic rings. The Morgan fingerprint density at radius 2 is 1.61 bits per heavy atom. The van der Waals surface area contributed by atoms with Crippen molar-refractivity contribution in [3.8, 4) is 11.8 Å². The van der Waals surface area contributed by atoms with Gasteiger partial charge in [0.25, 0.3) is 0 Å². The molecule has 0 aromatic heterocycles. The second kappa shape index (κ2) is 18.5. The Kier molecular flexibility index (Phi) is 12.3. The summed E-state index contributed by atoms with van der Waals surface area (Å²) < 4.78 is 13.9. The van der Waals surface area contributed by atoms with E-state index in [9.17, 15) is 20.1 Å². The van der Waals surface area contributed by atoms with Gasteiger partial charge in [-0.15, -0.1) is 0 Å². The van der Waals surface area contributed by atoms with Crippen molar-refractivity contribution in [1.29, 1.82) is 0 Å². The number of carbonyl (C=O) groups excluding carboxylic acids is 2. The molecule has 1 saturated heterocycles. The molecule has 3 spiro atoms. The number of fused-ring (bicyclic) bond motifs is 6. The van der Waals surface area contributed by atoms with E-state index in [0.717, 1.165) is 92.8 Å². The number of likely N-dealkylation sites (N-methyl/N-ethyl adjacent to an activating group) is 1. The molecule has 2 heterocycles.